The molecule has 0 fully saturated rings. The molecule has 2 aromatic rings. The minimum atomic E-state index is -0.0957. The molecule has 21 heavy (non-hydrogen) atoms. The molecule has 112 valence electrons. The third kappa shape index (κ3) is 4.24. The molecule has 0 aliphatic carbocycles. The zero-order valence-corrected chi connectivity index (χ0v) is 12.4. The van der Waals surface area contributed by atoms with Crippen molar-refractivity contribution in [2.45, 2.75) is 6.54 Å². The van der Waals surface area contributed by atoms with E-state index in [1.165, 1.54) is 0 Å². The number of methoxy groups -OCH3 is 1. The standard InChI is InChI=1S/C15H19N3O3/c1-17(9-12-5-4-6-13(7-12)20-3)15(19)11-21-14-8-16-18(2)10-14/h4-8,10H,9,11H2,1-3H3. The van der Waals surface area contributed by atoms with E-state index < -0.39 is 0 Å². The Kier molecular flexibility index (Phi) is 4.81. The average Bonchev–Trinajstić information content (AvgIpc) is 2.90. The molecule has 0 aliphatic rings. The summed E-state index contributed by atoms with van der Waals surface area (Å²) in [5.74, 6) is 1.27. The summed E-state index contributed by atoms with van der Waals surface area (Å²) in [6.07, 6.45) is 3.30. The lowest BCUT2D eigenvalue weighted by Crippen LogP contribution is -2.30. The van der Waals surface area contributed by atoms with E-state index in [2.05, 4.69) is 5.10 Å². The van der Waals surface area contributed by atoms with Crippen molar-refractivity contribution in [3.05, 3.63) is 42.2 Å². The number of nitrogens with zero attached hydrogens (tertiary/aromatic N) is 3. The number of rotatable bonds is 6. The first-order valence-corrected chi connectivity index (χ1v) is 6.57. The Labute approximate surface area is 123 Å². The molecule has 0 N–H and O–H groups in total. The third-order valence-corrected chi connectivity index (χ3v) is 3.02. The highest BCUT2D eigenvalue weighted by Crippen LogP contribution is 2.14. The summed E-state index contributed by atoms with van der Waals surface area (Å²) < 4.78 is 12.2. The molecule has 0 saturated carbocycles. The largest absolute Gasteiger partial charge is 0.497 e. The Morgan fingerprint density at radius 1 is 1.38 bits per heavy atom. The van der Waals surface area contributed by atoms with Gasteiger partial charge in [-0.05, 0) is 17.7 Å². The van der Waals surface area contributed by atoms with Gasteiger partial charge in [0.2, 0.25) is 0 Å². The van der Waals surface area contributed by atoms with Gasteiger partial charge in [-0.15, -0.1) is 0 Å². The van der Waals surface area contributed by atoms with Gasteiger partial charge in [0.15, 0.2) is 12.4 Å². The number of ether oxygens (including phenoxy) is 2. The first-order valence-electron chi connectivity index (χ1n) is 6.57. The van der Waals surface area contributed by atoms with Crippen LogP contribution in [0.2, 0.25) is 0 Å². The highest BCUT2D eigenvalue weighted by molar-refractivity contribution is 5.77. The van der Waals surface area contributed by atoms with E-state index in [-0.39, 0.29) is 12.5 Å². The highest BCUT2D eigenvalue weighted by atomic mass is 16.5. The molecule has 1 aromatic carbocycles. The molecule has 6 nitrogen and oxygen atoms in total. The van der Waals surface area contributed by atoms with E-state index in [0.717, 1.165) is 11.3 Å². The molecule has 1 aromatic heterocycles. The molecule has 1 heterocycles. The van der Waals surface area contributed by atoms with Crippen molar-refractivity contribution in [1.82, 2.24) is 14.7 Å². The van der Waals surface area contributed by atoms with Crippen LogP contribution in [0.15, 0.2) is 36.7 Å². The summed E-state index contributed by atoms with van der Waals surface area (Å²) in [4.78, 5) is 13.6. The van der Waals surface area contributed by atoms with Crippen molar-refractivity contribution in [2.24, 2.45) is 7.05 Å². The van der Waals surface area contributed by atoms with Crippen LogP contribution in [0.3, 0.4) is 0 Å². The lowest BCUT2D eigenvalue weighted by Gasteiger charge is -2.17. The Bertz CT molecular complexity index is 610. The molecule has 0 spiro atoms. The molecule has 0 atom stereocenters. The number of carbonyl (C=O) groups is 1. The third-order valence-electron chi connectivity index (χ3n) is 3.02. The summed E-state index contributed by atoms with van der Waals surface area (Å²) in [7, 11) is 5.16. The first kappa shape index (κ1) is 14.9. The van der Waals surface area contributed by atoms with Gasteiger partial charge in [0.05, 0.1) is 19.5 Å². The fourth-order valence-electron chi connectivity index (χ4n) is 1.86. The van der Waals surface area contributed by atoms with Crippen LogP contribution in [0, 0.1) is 0 Å². The van der Waals surface area contributed by atoms with Gasteiger partial charge in [0.25, 0.3) is 5.91 Å². The number of aromatic nitrogens is 2. The van der Waals surface area contributed by atoms with Crippen LogP contribution in [-0.4, -0.2) is 41.4 Å². The number of hydrogen-bond donors (Lipinski definition) is 0. The molecule has 1 amide bonds. The van der Waals surface area contributed by atoms with Gasteiger partial charge < -0.3 is 14.4 Å². The maximum atomic E-state index is 12.0. The van der Waals surface area contributed by atoms with Crippen LogP contribution < -0.4 is 9.47 Å². The molecule has 0 unspecified atom stereocenters. The van der Waals surface area contributed by atoms with Crippen LogP contribution in [0.1, 0.15) is 5.56 Å². The van der Waals surface area contributed by atoms with Gasteiger partial charge in [-0.25, -0.2) is 0 Å². The van der Waals surface area contributed by atoms with Crippen molar-refractivity contribution in [1.29, 1.82) is 0 Å². The van der Waals surface area contributed by atoms with Crippen LogP contribution in [-0.2, 0) is 18.4 Å². The second-order valence-corrected chi connectivity index (χ2v) is 4.74. The van der Waals surface area contributed by atoms with Crippen molar-refractivity contribution >= 4 is 5.91 Å². The summed E-state index contributed by atoms with van der Waals surface area (Å²) in [5.41, 5.74) is 1.01. The van der Waals surface area contributed by atoms with Gasteiger partial charge in [0.1, 0.15) is 5.75 Å². The molecule has 0 bridgehead atoms. The Hall–Kier alpha value is -2.50. The maximum Gasteiger partial charge on any atom is 0.260 e. The monoisotopic (exact) mass is 289 g/mol. The highest BCUT2D eigenvalue weighted by Gasteiger charge is 2.11. The van der Waals surface area contributed by atoms with Gasteiger partial charge in [-0.3, -0.25) is 9.48 Å². The molecule has 0 aliphatic heterocycles. The Morgan fingerprint density at radius 3 is 2.86 bits per heavy atom. The van der Waals surface area contributed by atoms with Gasteiger partial charge >= 0.3 is 0 Å². The number of hydrogen-bond acceptors (Lipinski definition) is 4. The van der Waals surface area contributed by atoms with Gasteiger partial charge in [0, 0.05) is 20.6 Å². The van der Waals surface area contributed by atoms with Crippen molar-refractivity contribution in [3.8, 4) is 11.5 Å². The van der Waals surface area contributed by atoms with E-state index in [0.29, 0.717) is 12.3 Å². The number of benzene rings is 1. The second kappa shape index (κ2) is 6.78. The Morgan fingerprint density at radius 2 is 2.19 bits per heavy atom. The van der Waals surface area contributed by atoms with Crippen LogP contribution in [0.25, 0.3) is 0 Å². The quantitative estimate of drug-likeness (QED) is 0.808. The van der Waals surface area contributed by atoms with E-state index in [9.17, 15) is 4.79 Å². The molecule has 6 heteroatoms. The molecular weight excluding hydrogens is 270 g/mol. The lowest BCUT2D eigenvalue weighted by molar-refractivity contribution is -0.132. The molecular formula is C15H19N3O3. The first-order chi connectivity index (χ1) is 10.1. The molecule has 2 rings (SSSR count). The van der Waals surface area contributed by atoms with E-state index in [1.807, 2.05) is 24.3 Å². The van der Waals surface area contributed by atoms with E-state index >= 15 is 0 Å². The summed E-state index contributed by atoms with van der Waals surface area (Å²) in [5, 5.41) is 3.98. The maximum absolute atomic E-state index is 12.0. The summed E-state index contributed by atoms with van der Waals surface area (Å²) in [6, 6.07) is 7.63. The normalized spacial score (nSPS) is 10.2. The predicted octanol–water partition coefficient (Wildman–Crippen LogP) is 1.47. The van der Waals surface area contributed by atoms with Crippen LogP contribution in [0.5, 0.6) is 11.5 Å². The van der Waals surface area contributed by atoms with Crippen molar-refractivity contribution < 1.29 is 14.3 Å². The van der Waals surface area contributed by atoms with Gasteiger partial charge in [-0.2, -0.15) is 5.10 Å². The van der Waals surface area contributed by atoms with Crippen molar-refractivity contribution in [3.63, 3.8) is 0 Å². The number of aryl methyl sites for hydroxylation is 1. The SMILES string of the molecule is COc1cccc(CN(C)C(=O)COc2cnn(C)c2)c1. The van der Waals surface area contributed by atoms with Crippen molar-refractivity contribution in [2.75, 3.05) is 20.8 Å². The van der Waals surface area contributed by atoms with E-state index in [1.54, 1.807) is 43.2 Å². The summed E-state index contributed by atoms with van der Waals surface area (Å²) in [6.45, 7) is 0.499. The fourth-order valence-corrected chi connectivity index (χ4v) is 1.86. The fraction of sp³-hybridized carbons (Fsp3) is 0.333. The summed E-state index contributed by atoms with van der Waals surface area (Å²) >= 11 is 0. The van der Waals surface area contributed by atoms with Crippen LogP contribution >= 0.6 is 0 Å². The average molecular weight is 289 g/mol. The van der Waals surface area contributed by atoms with E-state index in [4.69, 9.17) is 9.47 Å². The smallest absolute Gasteiger partial charge is 0.260 e. The zero-order chi connectivity index (χ0) is 15.2. The number of likely N-dealkylation sites (N-methyl/N-ethyl adjacent to an activating group) is 1. The number of carbonyl (C=O) groups excluding carboxylic acids is 1. The van der Waals surface area contributed by atoms with Crippen LogP contribution in [0.4, 0.5) is 0 Å². The number of amides is 1. The minimum Gasteiger partial charge on any atom is -0.497 e. The Balaban J connectivity index is 1.87. The minimum absolute atomic E-state index is 0.00778. The predicted molar refractivity (Wildman–Crippen MR) is 78.2 cm³/mol. The molecule has 0 radical (unpaired) electrons. The topological polar surface area (TPSA) is 56.6 Å². The second-order valence-electron chi connectivity index (χ2n) is 4.74. The molecule has 0 saturated heterocycles. The lowest BCUT2D eigenvalue weighted by atomic mass is 10.2. The van der Waals surface area contributed by atoms with Gasteiger partial charge in [-0.1, -0.05) is 12.1 Å². The zero-order valence-electron chi connectivity index (χ0n) is 12.4.